The van der Waals surface area contributed by atoms with Gasteiger partial charge in [0.25, 0.3) is 0 Å². The van der Waals surface area contributed by atoms with Gasteiger partial charge < -0.3 is 4.84 Å². The van der Waals surface area contributed by atoms with Crippen LogP contribution < -0.4 is 0 Å². The highest BCUT2D eigenvalue weighted by molar-refractivity contribution is 7.99. The maximum absolute atomic E-state index is 11.3. The Morgan fingerprint density at radius 3 is 2.54 bits per heavy atom. The molecule has 0 saturated heterocycles. The molecule has 6 heteroatoms. The number of hydrogen-bond acceptors (Lipinski definition) is 6. The van der Waals surface area contributed by atoms with E-state index in [2.05, 4.69) is 10.1 Å². The molecule has 0 amide bonds. The first-order valence-corrected chi connectivity index (χ1v) is 9.69. The fourth-order valence-electron chi connectivity index (χ4n) is 2.76. The van der Waals surface area contributed by atoms with Crippen LogP contribution in [-0.2, 0) is 14.4 Å². The second-order valence-corrected chi connectivity index (χ2v) is 7.11. The molecule has 0 aliphatic carbocycles. The number of nitrogens with zero attached hydrogens (tertiary/aromatic N) is 2. The number of isocyanates is 1. The molecule has 3 rings (SSSR count). The summed E-state index contributed by atoms with van der Waals surface area (Å²) in [4.78, 5) is 31.1. The largest absolute Gasteiger partial charge is 0.331 e. The van der Waals surface area contributed by atoms with Gasteiger partial charge in [-0.3, -0.25) is 0 Å². The minimum absolute atomic E-state index is 0.447. The van der Waals surface area contributed by atoms with E-state index < -0.39 is 5.97 Å². The number of carbonyl (C=O) groups is 1. The van der Waals surface area contributed by atoms with Gasteiger partial charge in [-0.1, -0.05) is 47.6 Å². The Bertz CT molecular complexity index is 1050. The molecular weight excluding hydrogens is 372 g/mol. The molecule has 0 bridgehead atoms. The van der Waals surface area contributed by atoms with Gasteiger partial charge in [-0.05, 0) is 35.0 Å². The lowest BCUT2D eigenvalue weighted by molar-refractivity contribution is -0.140. The first kappa shape index (κ1) is 19.5. The fraction of sp³-hybridized carbons (Fsp3) is 0.136. The summed E-state index contributed by atoms with van der Waals surface area (Å²) in [6.07, 6.45) is 2.15. The Morgan fingerprint density at radius 1 is 1.04 bits per heavy atom. The normalized spacial score (nSPS) is 11.1. The van der Waals surface area contributed by atoms with Crippen molar-refractivity contribution >= 4 is 46.0 Å². The molecule has 0 aliphatic heterocycles. The summed E-state index contributed by atoms with van der Waals surface area (Å²) in [6, 6.07) is 21.4. The number of carbonyl (C=O) groups excluding carboxylic acids is 2. The second kappa shape index (κ2) is 9.65. The van der Waals surface area contributed by atoms with Crippen LogP contribution in [0.1, 0.15) is 18.9 Å². The van der Waals surface area contributed by atoms with Crippen LogP contribution in [-0.4, -0.2) is 23.5 Å². The van der Waals surface area contributed by atoms with Gasteiger partial charge in [0, 0.05) is 29.6 Å². The van der Waals surface area contributed by atoms with Crippen LogP contribution in [0, 0.1) is 0 Å². The van der Waals surface area contributed by atoms with Crippen molar-refractivity contribution < 1.29 is 14.4 Å². The predicted octanol–water partition coefficient (Wildman–Crippen LogP) is 5.26. The van der Waals surface area contributed by atoms with E-state index in [-0.39, 0.29) is 0 Å². The topological polar surface area (TPSA) is 68.1 Å². The van der Waals surface area contributed by atoms with Gasteiger partial charge >= 0.3 is 5.97 Å². The minimum Gasteiger partial charge on any atom is -0.318 e. The van der Waals surface area contributed by atoms with Crippen LogP contribution in [0.2, 0.25) is 0 Å². The Labute approximate surface area is 167 Å². The van der Waals surface area contributed by atoms with Crippen LogP contribution in [0.15, 0.2) is 81.8 Å². The van der Waals surface area contributed by atoms with Crippen molar-refractivity contribution in [1.29, 1.82) is 0 Å². The highest BCUT2D eigenvalue weighted by atomic mass is 32.2. The molecule has 0 fully saturated rings. The fourth-order valence-corrected chi connectivity index (χ4v) is 3.62. The lowest BCUT2D eigenvalue weighted by atomic mass is 10.00. The number of fused-ring (bicyclic) bond motifs is 1. The van der Waals surface area contributed by atoms with Crippen LogP contribution >= 0.6 is 11.8 Å². The Morgan fingerprint density at radius 2 is 1.79 bits per heavy atom. The highest BCUT2D eigenvalue weighted by Crippen LogP contribution is 2.25. The molecule has 28 heavy (non-hydrogen) atoms. The van der Waals surface area contributed by atoms with Gasteiger partial charge in [0.15, 0.2) is 0 Å². The zero-order valence-electron chi connectivity index (χ0n) is 15.3. The molecule has 5 nitrogen and oxygen atoms in total. The van der Waals surface area contributed by atoms with E-state index >= 15 is 0 Å². The average Bonchev–Trinajstić information content (AvgIpc) is 2.71. The van der Waals surface area contributed by atoms with Crippen molar-refractivity contribution in [3.8, 4) is 0 Å². The van der Waals surface area contributed by atoms with Crippen LogP contribution in [0.5, 0.6) is 0 Å². The summed E-state index contributed by atoms with van der Waals surface area (Å²) in [5.41, 5.74) is 2.25. The highest BCUT2D eigenvalue weighted by Gasteiger charge is 2.10. The van der Waals surface area contributed by atoms with Gasteiger partial charge in [-0.2, -0.15) is 4.99 Å². The summed E-state index contributed by atoms with van der Waals surface area (Å²) in [5.74, 6) is 0.302. The van der Waals surface area contributed by atoms with E-state index in [0.717, 1.165) is 32.7 Å². The summed E-state index contributed by atoms with van der Waals surface area (Å²) >= 11 is 1.65. The quantitative estimate of drug-likeness (QED) is 0.181. The summed E-state index contributed by atoms with van der Waals surface area (Å²) in [6.45, 7) is 1.34. The first-order chi connectivity index (χ1) is 13.7. The summed E-state index contributed by atoms with van der Waals surface area (Å²) < 4.78 is 0. The monoisotopic (exact) mass is 390 g/mol. The molecule has 140 valence electrons. The summed E-state index contributed by atoms with van der Waals surface area (Å²) in [7, 11) is 0. The molecule has 0 aromatic heterocycles. The standard InChI is InChI=1S/C22H18N2O3S/c1-16(26)27-24-22(21-8-4-6-17-5-2-3-7-20(17)21)13-14-28-19-11-9-18(10-12-19)23-15-25/h2-12H,13-14H2,1H3/b24-22+. The number of benzene rings is 3. The van der Waals surface area contributed by atoms with Gasteiger partial charge in [-0.25, -0.2) is 9.59 Å². The van der Waals surface area contributed by atoms with Gasteiger partial charge in [0.1, 0.15) is 0 Å². The third-order valence-electron chi connectivity index (χ3n) is 4.00. The van der Waals surface area contributed by atoms with Crippen molar-refractivity contribution in [3.05, 3.63) is 72.3 Å². The molecule has 0 unspecified atom stereocenters. The van der Waals surface area contributed by atoms with Crippen molar-refractivity contribution in [2.45, 2.75) is 18.2 Å². The number of oxime groups is 1. The summed E-state index contributed by atoms with van der Waals surface area (Å²) in [5, 5.41) is 6.28. The van der Waals surface area contributed by atoms with Crippen LogP contribution in [0.4, 0.5) is 5.69 Å². The lowest BCUT2D eigenvalue weighted by Gasteiger charge is -2.10. The van der Waals surface area contributed by atoms with E-state index in [1.165, 1.54) is 13.0 Å². The van der Waals surface area contributed by atoms with E-state index in [9.17, 15) is 9.59 Å². The Hall–Kier alpha value is -3.21. The molecular formula is C22H18N2O3S. The van der Waals surface area contributed by atoms with E-state index in [1.54, 1.807) is 23.9 Å². The van der Waals surface area contributed by atoms with Gasteiger partial charge in [0.2, 0.25) is 6.08 Å². The number of aliphatic imine (C=N–C) groups is 1. The maximum Gasteiger partial charge on any atom is 0.331 e. The maximum atomic E-state index is 11.3. The van der Waals surface area contributed by atoms with Gasteiger partial charge in [-0.15, -0.1) is 11.8 Å². The molecule has 0 aliphatic rings. The van der Waals surface area contributed by atoms with E-state index in [0.29, 0.717) is 12.1 Å². The lowest BCUT2D eigenvalue weighted by Crippen LogP contribution is -2.06. The Kier molecular flexibility index (Phi) is 6.73. The van der Waals surface area contributed by atoms with Gasteiger partial charge in [0.05, 0.1) is 11.4 Å². The second-order valence-electron chi connectivity index (χ2n) is 5.94. The molecule has 0 N–H and O–H groups in total. The van der Waals surface area contributed by atoms with Crippen molar-refractivity contribution in [3.63, 3.8) is 0 Å². The molecule has 0 spiro atoms. The Balaban J connectivity index is 1.78. The molecule has 3 aromatic carbocycles. The smallest absolute Gasteiger partial charge is 0.318 e. The molecule has 3 aromatic rings. The third kappa shape index (κ3) is 5.16. The first-order valence-electron chi connectivity index (χ1n) is 8.70. The zero-order chi connectivity index (χ0) is 19.8. The predicted molar refractivity (Wildman–Crippen MR) is 112 cm³/mol. The SMILES string of the molecule is CC(=O)O/N=C(\CCSc1ccc(N=C=O)cc1)c1cccc2ccccc12. The van der Waals surface area contributed by atoms with Crippen molar-refractivity contribution in [2.24, 2.45) is 10.1 Å². The molecule has 0 atom stereocenters. The van der Waals surface area contributed by atoms with Crippen LogP contribution in [0.3, 0.4) is 0 Å². The number of hydrogen-bond donors (Lipinski definition) is 0. The third-order valence-corrected chi connectivity index (χ3v) is 5.02. The van der Waals surface area contributed by atoms with Crippen molar-refractivity contribution in [1.82, 2.24) is 0 Å². The zero-order valence-corrected chi connectivity index (χ0v) is 16.1. The minimum atomic E-state index is -0.447. The average molecular weight is 390 g/mol. The van der Waals surface area contributed by atoms with Crippen LogP contribution in [0.25, 0.3) is 10.8 Å². The molecule has 0 radical (unpaired) electrons. The van der Waals surface area contributed by atoms with E-state index in [4.69, 9.17) is 4.84 Å². The number of rotatable bonds is 7. The number of thioether (sulfide) groups is 1. The van der Waals surface area contributed by atoms with E-state index in [1.807, 2.05) is 54.6 Å². The molecule has 0 saturated carbocycles. The molecule has 0 heterocycles. The van der Waals surface area contributed by atoms with Crippen molar-refractivity contribution in [2.75, 3.05) is 5.75 Å².